The van der Waals surface area contributed by atoms with Gasteiger partial charge < -0.3 is 15.4 Å². The van der Waals surface area contributed by atoms with Gasteiger partial charge in [-0.15, -0.1) is 0 Å². The number of fused-ring (bicyclic) bond motifs is 1. The van der Waals surface area contributed by atoms with Crippen LogP contribution in [0.15, 0.2) is 0 Å². The van der Waals surface area contributed by atoms with E-state index in [-0.39, 0.29) is 17.9 Å². The quantitative estimate of drug-likeness (QED) is 0.801. The van der Waals surface area contributed by atoms with E-state index in [1.807, 2.05) is 4.90 Å². The Morgan fingerprint density at radius 2 is 2.28 bits per heavy atom. The van der Waals surface area contributed by atoms with Crippen molar-refractivity contribution in [3.8, 4) is 0 Å². The van der Waals surface area contributed by atoms with Crippen molar-refractivity contribution < 1.29 is 14.3 Å². The molecule has 5 nitrogen and oxygen atoms in total. The van der Waals surface area contributed by atoms with Crippen LogP contribution in [0.5, 0.6) is 0 Å². The molecular formula is C13H22N2O3. The van der Waals surface area contributed by atoms with E-state index >= 15 is 0 Å². The van der Waals surface area contributed by atoms with Crippen LogP contribution in [0.25, 0.3) is 0 Å². The molecule has 2 N–H and O–H groups in total. The number of carbonyl (C=O) groups is 2. The van der Waals surface area contributed by atoms with E-state index in [9.17, 15) is 9.59 Å². The van der Waals surface area contributed by atoms with Crippen molar-refractivity contribution in [1.29, 1.82) is 0 Å². The van der Waals surface area contributed by atoms with Gasteiger partial charge in [-0.1, -0.05) is 12.8 Å². The molecule has 0 radical (unpaired) electrons. The molecule has 2 fully saturated rings. The number of likely N-dealkylation sites (tertiary alicyclic amines) is 1. The zero-order valence-corrected chi connectivity index (χ0v) is 11.0. The summed E-state index contributed by atoms with van der Waals surface area (Å²) < 4.78 is 5.06. The number of carbonyl (C=O) groups excluding carboxylic acids is 2. The number of nitrogens with zero attached hydrogens (tertiary/aromatic N) is 1. The highest BCUT2D eigenvalue weighted by atomic mass is 16.5. The summed E-state index contributed by atoms with van der Waals surface area (Å²) in [5.41, 5.74) is 5.15. The molecule has 1 saturated carbocycles. The van der Waals surface area contributed by atoms with Crippen molar-refractivity contribution in [3.63, 3.8) is 0 Å². The monoisotopic (exact) mass is 254 g/mol. The van der Waals surface area contributed by atoms with Gasteiger partial charge in [0.15, 0.2) is 0 Å². The Bertz CT molecular complexity index is 345. The summed E-state index contributed by atoms with van der Waals surface area (Å²) in [7, 11) is 1.62. The number of ether oxygens (including phenoxy) is 1. The van der Waals surface area contributed by atoms with Gasteiger partial charge in [0.2, 0.25) is 11.8 Å². The third-order valence-electron chi connectivity index (χ3n) is 4.50. The van der Waals surface area contributed by atoms with Crippen molar-refractivity contribution in [1.82, 2.24) is 4.90 Å². The molecule has 1 aliphatic carbocycles. The maximum Gasteiger partial charge on any atom is 0.225 e. The van der Waals surface area contributed by atoms with Gasteiger partial charge in [-0.05, 0) is 19.3 Å². The molecule has 0 spiro atoms. The number of nitrogens with two attached hydrogens (primary N) is 1. The van der Waals surface area contributed by atoms with Crippen molar-refractivity contribution in [2.45, 2.75) is 44.6 Å². The van der Waals surface area contributed by atoms with Crippen LogP contribution in [-0.2, 0) is 14.3 Å². The molecule has 1 aliphatic heterocycles. The second-order valence-corrected chi connectivity index (χ2v) is 5.36. The van der Waals surface area contributed by atoms with Gasteiger partial charge in [0.25, 0.3) is 0 Å². The van der Waals surface area contributed by atoms with E-state index in [0.717, 1.165) is 25.7 Å². The van der Waals surface area contributed by atoms with Gasteiger partial charge in [0.1, 0.15) is 0 Å². The zero-order chi connectivity index (χ0) is 13.2. The van der Waals surface area contributed by atoms with Crippen molar-refractivity contribution in [3.05, 3.63) is 0 Å². The maximum atomic E-state index is 12.0. The first-order valence-corrected chi connectivity index (χ1v) is 6.70. The molecule has 18 heavy (non-hydrogen) atoms. The first-order valence-electron chi connectivity index (χ1n) is 6.70. The normalized spacial score (nSPS) is 32.2. The van der Waals surface area contributed by atoms with Crippen LogP contribution in [0.4, 0.5) is 0 Å². The molecule has 2 aliphatic rings. The molecule has 0 unspecified atom stereocenters. The van der Waals surface area contributed by atoms with Crippen molar-refractivity contribution in [2.75, 3.05) is 20.3 Å². The summed E-state index contributed by atoms with van der Waals surface area (Å²) in [4.78, 5) is 25.8. The van der Waals surface area contributed by atoms with Crippen LogP contribution >= 0.6 is 0 Å². The third kappa shape index (κ3) is 2.11. The molecule has 1 saturated heterocycles. The molecule has 1 heterocycles. The Labute approximate surface area is 108 Å². The van der Waals surface area contributed by atoms with E-state index < -0.39 is 5.41 Å². The third-order valence-corrected chi connectivity index (χ3v) is 4.50. The van der Waals surface area contributed by atoms with Gasteiger partial charge in [0, 0.05) is 26.1 Å². The SMILES string of the molecule is COCCN1C(=O)CC[C@]2(C(N)=O)CCCC[C@@H]12. The lowest BCUT2D eigenvalue weighted by atomic mass is 9.64. The van der Waals surface area contributed by atoms with E-state index in [2.05, 4.69) is 0 Å². The molecule has 0 bridgehead atoms. The van der Waals surface area contributed by atoms with Gasteiger partial charge in [-0.2, -0.15) is 0 Å². The first-order chi connectivity index (χ1) is 8.62. The molecule has 0 aromatic carbocycles. The summed E-state index contributed by atoms with van der Waals surface area (Å²) in [5, 5.41) is 0. The van der Waals surface area contributed by atoms with Crippen molar-refractivity contribution in [2.24, 2.45) is 11.1 Å². The van der Waals surface area contributed by atoms with E-state index in [1.165, 1.54) is 0 Å². The molecule has 5 heteroatoms. The Kier molecular flexibility index (Phi) is 3.90. The highest BCUT2D eigenvalue weighted by Gasteiger charge is 2.52. The number of hydrogen-bond acceptors (Lipinski definition) is 3. The van der Waals surface area contributed by atoms with Gasteiger partial charge >= 0.3 is 0 Å². The zero-order valence-electron chi connectivity index (χ0n) is 11.0. The Morgan fingerprint density at radius 1 is 1.50 bits per heavy atom. The predicted octanol–water partition coefficient (Wildman–Crippen LogP) is 0.669. The largest absolute Gasteiger partial charge is 0.383 e. The highest BCUT2D eigenvalue weighted by Crippen LogP contribution is 2.45. The number of hydrogen-bond donors (Lipinski definition) is 1. The predicted molar refractivity (Wildman–Crippen MR) is 66.7 cm³/mol. The average Bonchev–Trinajstić information content (AvgIpc) is 2.37. The van der Waals surface area contributed by atoms with Crippen LogP contribution in [0.3, 0.4) is 0 Å². The van der Waals surface area contributed by atoms with Gasteiger partial charge in [-0.25, -0.2) is 0 Å². The molecule has 2 amide bonds. The Balaban J connectivity index is 2.23. The van der Waals surface area contributed by atoms with Gasteiger partial charge in [0.05, 0.1) is 12.0 Å². The Morgan fingerprint density at radius 3 is 2.94 bits per heavy atom. The first kappa shape index (κ1) is 13.3. The molecule has 0 aromatic heterocycles. The summed E-state index contributed by atoms with van der Waals surface area (Å²) in [6, 6.07) is -0.0138. The van der Waals surface area contributed by atoms with Gasteiger partial charge in [-0.3, -0.25) is 9.59 Å². The van der Waals surface area contributed by atoms with Crippen LogP contribution < -0.4 is 5.73 Å². The smallest absolute Gasteiger partial charge is 0.225 e. The number of amides is 2. The molecule has 2 atom stereocenters. The number of piperidine rings is 1. The second-order valence-electron chi connectivity index (χ2n) is 5.36. The number of methoxy groups -OCH3 is 1. The molecular weight excluding hydrogens is 232 g/mol. The van der Waals surface area contributed by atoms with Crippen molar-refractivity contribution >= 4 is 11.8 Å². The lowest BCUT2D eigenvalue weighted by Gasteiger charge is -2.50. The fraction of sp³-hybridized carbons (Fsp3) is 0.846. The number of rotatable bonds is 4. The summed E-state index contributed by atoms with van der Waals surface area (Å²) in [5.74, 6) is -0.0991. The van der Waals surface area contributed by atoms with Crippen LogP contribution in [0.2, 0.25) is 0 Å². The maximum absolute atomic E-state index is 12.0. The van der Waals surface area contributed by atoms with E-state index in [0.29, 0.717) is 26.0 Å². The van der Waals surface area contributed by atoms with E-state index in [4.69, 9.17) is 10.5 Å². The summed E-state index contributed by atoms with van der Waals surface area (Å²) in [6.07, 6.45) is 4.86. The lowest BCUT2D eigenvalue weighted by molar-refractivity contribution is -0.154. The summed E-state index contributed by atoms with van der Waals surface area (Å²) >= 11 is 0. The number of primary amides is 1. The molecule has 0 aromatic rings. The average molecular weight is 254 g/mol. The minimum Gasteiger partial charge on any atom is -0.383 e. The highest BCUT2D eigenvalue weighted by molar-refractivity contribution is 5.86. The van der Waals surface area contributed by atoms with Crippen LogP contribution in [0.1, 0.15) is 38.5 Å². The lowest BCUT2D eigenvalue weighted by Crippen LogP contribution is -2.61. The fourth-order valence-electron chi connectivity index (χ4n) is 3.49. The van der Waals surface area contributed by atoms with E-state index in [1.54, 1.807) is 7.11 Å². The second kappa shape index (κ2) is 5.26. The Hall–Kier alpha value is -1.10. The topological polar surface area (TPSA) is 72.6 Å². The minimum absolute atomic E-state index is 0.0138. The molecule has 102 valence electrons. The molecule has 2 rings (SSSR count). The summed E-state index contributed by atoms with van der Waals surface area (Å²) in [6.45, 7) is 1.08. The van der Waals surface area contributed by atoms with Crippen LogP contribution in [-0.4, -0.2) is 43.0 Å². The standard InChI is InChI=1S/C13H22N2O3/c1-18-9-8-15-10-4-2-3-6-13(10,12(14)17)7-5-11(15)16/h10H,2-9H2,1H3,(H2,14,17)/t10-,13-/m1/s1. The fourth-order valence-corrected chi connectivity index (χ4v) is 3.49. The van der Waals surface area contributed by atoms with Crippen LogP contribution in [0, 0.1) is 5.41 Å². The minimum atomic E-state index is -0.486.